The van der Waals surface area contributed by atoms with Gasteiger partial charge in [-0.15, -0.1) is 0 Å². The molecule has 0 saturated carbocycles. The van der Waals surface area contributed by atoms with E-state index in [0.717, 1.165) is 0 Å². The number of ether oxygens (including phenoxy) is 1. The minimum Gasteiger partial charge on any atom is -0.374 e. The van der Waals surface area contributed by atoms with E-state index in [-0.39, 0.29) is 18.6 Å². The Balaban J connectivity index is 2.30. The van der Waals surface area contributed by atoms with Crippen molar-refractivity contribution in [2.45, 2.75) is 6.10 Å². The highest BCUT2D eigenvalue weighted by Gasteiger charge is 2.21. The minimum absolute atomic E-state index is 0.0263. The van der Waals surface area contributed by atoms with Crippen LogP contribution in [0.25, 0.3) is 0 Å². The highest BCUT2D eigenvalue weighted by Crippen LogP contribution is 2.02. The zero-order valence-electron chi connectivity index (χ0n) is 9.36. The van der Waals surface area contributed by atoms with Crippen LogP contribution in [0.3, 0.4) is 0 Å². The molecule has 4 N–H and O–H groups in total. The second-order valence-corrected chi connectivity index (χ2v) is 3.59. The van der Waals surface area contributed by atoms with E-state index >= 15 is 0 Å². The summed E-state index contributed by atoms with van der Waals surface area (Å²) in [6.45, 7) is 2.49. The Kier molecular flexibility index (Phi) is 5.17. The van der Waals surface area contributed by atoms with Gasteiger partial charge >= 0.3 is 6.03 Å². The van der Waals surface area contributed by atoms with Gasteiger partial charge in [-0.2, -0.15) is 0 Å². The third kappa shape index (κ3) is 4.13. The van der Waals surface area contributed by atoms with Crippen LogP contribution >= 0.6 is 0 Å². The van der Waals surface area contributed by atoms with Gasteiger partial charge in [-0.3, -0.25) is 15.0 Å². The first-order chi connectivity index (χ1) is 7.65. The second kappa shape index (κ2) is 6.41. The highest BCUT2D eigenvalue weighted by atomic mass is 16.5. The van der Waals surface area contributed by atoms with E-state index in [1.165, 1.54) is 7.05 Å². The van der Waals surface area contributed by atoms with Crippen molar-refractivity contribution in [2.75, 3.05) is 39.8 Å². The second-order valence-electron chi connectivity index (χ2n) is 3.59. The van der Waals surface area contributed by atoms with Crippen molar-refractivity contribution in [1.29, 1.82) is 0 Å². The fourth-order valence-electron chi connectivity index (χ4n) is 1.50. The average molecular weight is 230 g/mol. The monoisotopic (exact) mass is 230 g/mol. The normalized spacial score (nSPS) is 21.5. The van der Waals surface area contributed by atoms with E-state index in [4.69, 9.17) is 10.5 Å². The van der Waals surface area contributed by atoms with Crippen LogP contribution in [0.15, 0.2) is 0 Å². The number of urea groups is 1. The van der Waals surface area contributed by atoms with Crippen molar-refractivity contribution < 1.29 is 14.3 Å². The van der Waals surface area contributed by atoms with E-state index in [2.05, 4.69) is 10.6 Å². The van der Waals surface area contributed by atoms with Crippen LogP contribution in [0.1, 0.15) is 0 Å². The number of rotatable bonds is 3. The Morgan fingerprint density at radius 2 is 2.31 bits per heavy atom. The van der Waals surface area contributed by atoms with Crippen LogP contribution in [0.5, 0.6) is 0 Å². The molecule has 1 saturated heterocycles. The predicted octanol–water partition coefficient (Wildman–Crippen LogP) is -1.90. The van der Waals surface area contributed by atoms with Crippen LogP contribution in [-0.2, 0) is 9.53 Å². The molecule has 1 heterocycles. The summed E-state index contributed by atoms with van der Waals surface area (Å²) in [7, 11) is 1.46. The maximum atomic E-state index is 11.4. The maximum Gasteiger partial charge on any atom is 0.321 e. The van der Waals surface area contributed by atoms with Gasteiger partial charge in [-0.05, 0) is 0 Å². The Bertz CT molecular complexity index is 259. The van der Waals surface area contributed by atoms with E-state index in [0.29, 0.717) is 26.2 Å². The lowest BCUT2D eigenvalue weighted by Gasteiger charge is -2.31. The summed E-state index contributed by atoms with van der Waals surface area (Å²) in [6.07, 6.45) is -0.0263. The number of carbonyl (C=O) groups is 2. The van der Waals surface area contributed by atoms with E-state index in [1.54, 1.807) is 0 Å². The number of nitrogens with one attached hydrogen (secondary N) is 2. The van der Waals surface area contributed by atoms with Crippen LogP contribution in [0.4, 0.5) is 4.79 Å². The third-order valence-corrected chi connectivity index (χ3v) is 2.33. The van der Waals surface area contributed by atoms with Gasteiger partial charge in [0.05, 0.1) is 19.3 Å². The largest absolute Gasteiger partial charge is 0.374 e. The molecule has 0 aromatic carbocycles. The Labute approximate surface area is 94.3 Å². The fraction of sp³-hybridized carbons (Fsp3) is 0.778. The predicted molar refractivity (Wildman–Crippen MR) is 57.8 cm³/mol. The summed E-state index contributed by atoms with van der Waals surface area (Å²) < 4.78 is 5.36. The molecule has 0 aromatic rings. The van der Waals surface area contributed by atoms with Gasteiger partial charge in [-0.25, -0.2) is 4.79 Å². The third-order valence-electron chi connectivity index (χ3n) is 2.33. The zero-order chi connectivity index (χ0) is 12.0. The first-order valence-electron chi connectivity index (χ1n) is 5.21. The Hall–Kier alpha value is -1.18. The molecule has 0 aliphatic carbocycles. The smallest absolute Gasteiger partial charge is 0.321 e. The first-order valence-corrected chi connectivity index (χ1v) is 5.21. The number of hydrogen-bond donors (Lipinski definition) is 3. The number of imide groups is 1. The summed E-state index contributed by atoms with van der Waals surface area (Å²) in [5, 5.41) is 4.53. The lowest BCUT2D eigenvalue weighted by molar-refractivity contribution is -0.123. The average Bonchev–Trinajstić information content (AvgIpc) is 2.28. The number of carbonyl (C=O) groups excluding carboxylic acids is 2. The van der Waals surface area contributed by atoms with E-state index in [1.807, 2.05) is 4.90 Å². The molecule has 1 atom stereocenters. The van der Waals surface area contributed by atoms with Crippen molar-refractivity contribution in [3.63, 3.8) is 0 Å². The Morgan fingerprint density at radius 3 is 2.94 bits per heavy atom. The number of nitrogens with two attached hydrogens (primary N) is 1. The van der Waals surface area contributed by atoms with Crippen molar-refractivity contribution >= 4 is 11.9 Å². The molecular formula is C9H18N4O3. The summed E-state index contributed by atoms with van der Waals surface area (Å²) in [6, 6.07) is -0.492. The van der Waals surface area contributed by atoms with Crippen molar-refractivity contribution in [1.82, 2.24) is 15.5 Å². The van der Waals surface area contributed by atoms with Crippen molar-refractivity contribution in [3.8, 4) is 0 Å². The summed E-state index contributed by atoms with van der Waals surface area (Å²) >= 11 is 0. The molecule has 1 aliphatic heterocycles. The highest BCUT2D eigenvalue weighted by molar-refractivity contribution is 5.95. The quantitative estimate of drug-likeness (QED) is 0.526. The SMILES string of the molecule is CNC(=O)NC(=O)CN1CCOC(CN)C1. The van der Waals surface area contributed by atoms with Crippen LogP contribution < -0.4 is 16.4 Å². The van der Waals surface area contributed by atoms with E-state index in [9.17, 15) is 9.59 Å². The van der Waals surface area contributed by atoms with Gasteiger partial charge in [0.25, 0.3) is 0 Å². The molecule has 1 rings (SSSR count). The minimum atomic E-state index is -0.492. The number of nitrogens with zero attached hydrogens (tertiary/aromatic N) is 1. The topological polar surface area (TPSA) is 96.7 Å². The zero-order valence-corrected chi connectivity index (χ0v) is 9.36. The molecule has 3 amide bonds. The van der Waals surface area contributed by atoms with E-state index < -0.39 is 6.03 Å². The molecule has 0 radical (unpaired) electrons. The van der Waals surface area contributed by atoms with Gasteiger partial charge in [0, 0.05) is 26.7 Å². The number of hydrogen-bond acceptors (Lipinski definition) is 5. The lowest BCUT2D eigenvalue weighted by atomic mass is 10.2. The summed E-state index contributed by atoms with van der Waals surface area (Å²) in [4.78, 5) is 24.2. The first kappa shape index (κ1) is 12.9. The van der Waals surface area contributed by atoms with Gasteiger partial charge in [0.15, 0.2) is 0 Å². The molecule has 1 aliphatic rings. The number of amides is 3. The summed E-state index contributed by atoms with van der Waals surface area (Å²) in [5.41, 5.74) is 5.48. The van der Waals surface area contributed by atoms with Gasteiger partial charge in [0.1, 0.15) is 0 Å². The standard InChI is InChI=1S/C9H18N4O3/c1-11-9(15)12-8(14)6-13-2-3-16-7(4-10)5-13/h7H,2-6,10H2,1H3,(H2,11,12,14,15). The number of morpholine rings is 1. The molecule has 0 spiro atoms. The van der Waals surface area contributed by atoms with Crippen molar-refractivity contribution in [3.05, 3.63) is 0 Å². The van der Waals surface area contributed by atoms with Crippen molar-refractivity contribution in [2.24, 2.45) is 5.73 Å². The Morgan fingerprint density at radius 1 is 1.56 bits per heavy atom. The molecule has 7 heteroatoms. The lowest BCUT2D eigenvalue weighted by Crippen LogP contribution is -2.50. The maximum absolute atomic E-state index is 11.4. The van der Waals surface area contributed by atoms with Gasteiger partial charge < -0.3 is 15.8 Å². The van der Waals surface area contributed by atoms with Gasteiger partial charge in [0.2, 0.25) is 5.91 Å². The molecule has 92 valence electrons. The molecule has 1 unspecified atom stereocenters. The molecule has 0 aromatic heterocycles. The molecule has 1 fully saturated rings. The van der Waals surface area contributed by atoms with Crippen LogP contribution in [0.2, 0.25) is 0 Å². The molecule has 16 heavy (non-hydrogen) atoms. The van der Waals surface area contributed by atoms with Crippen LogP contribution in [-0.4, -0.2) is 62.8 Å². The fourth-order valence-corrected chi connectivity index (χ4v) is 1.50. The molecule has 7 nitrogen and oxygen atoms in total. The molecular weight excluding hydrogens is 212 g/mol. The molecule has 0 bridgehead atoms. The van der Waals surface area contributed by atoms with Gasteiger partial charge in [-0.1, -0.05) is 0 Å². The van der Waals surface area contributed by atoms with Crippen LogP contribution in [0, 0.1) is 0 Å². The summed E-state index contributed by atoms with van der Waals surface area (Å²) in [5.74, 6) is -0.322.